The zero-order valence-corrected chi connectivity index (χ0v) is 11.9. The summed E-state index contributed by atoms with van der Waals surface area (Å²) in [4.78, 5) is 12.9. The summed E-state index contributed by atoms with van der Waals surface area (Å²) < 4.78 is 0. The highest BCUT2D eigenvalue weighted by Crippen LogP contribution is 2.41. The van der Waals surface area contributed by atoms with Crippen molar-refractivity contribution in [2.75, 3.05) is 5.32 Å². The maximum absolute atomic E-state index is 11.3. The number of nitrogens with one attached hydrogen (secondary N) is 1. The third-order valence-electron chi connectivity index (χ3n) is 2.90. The Morgan fingerprint density at radius 3 is 2.58 bits per heavy atom. The predicted octanol–water partition coefficient (Wildman–Crippen LogP) is 3.86. The molecule has 1 N–H and O–H groups in total. The van der Waals surface area contributed by atoms with Gasteiger partial charge in [0.1, 0.15) is 10.9 Å². The molecule has 0 saturated heterocycles. The fourth-order valence-corrected chi connectivity index (χ4v) is 3.02. The Morgan fingerprint density at radius 2 is 2.00 bits per heavy atom. The number of aryl methyl sites for hydroxylation is 2. The second kappa shape index (κ2) is 5.25. The Bertz CT molecular complexity index is 680. The second-order valence-electron chi connectivity index (χ2n) is 4.35. The zero-order valence-electron chi connectivity index (χ0n) is 11.1. The molecule has 3 nitrogen and oxygen atoms in total. The van der Waals surface area contributed by atoms with E-state index in [0.29, 0.717) is 10.6 Å². The Hall–Kier alpha value is -2.12. The summed E-state index contributed by atoms with van der Waals surface area (Å²) in [6.45, 7) is 5.45. The highest BCUT2D eigenvalue weighted by atomic mass is 32.1. The van der Waals surface area contributed by atoms with E-state index in [4.69, 9.17) is 0 Å². The number of hydrogen-bond donors (Lipinski definition) is 1. The molecule has 0 aliphatic heterocycles. The third kappa shape index (κ3) is 2.51. The summed E-state index contributed by atoms with van der Waals surface area (Å²) >= 11 is 1.41. The van der Waals surface area contributed by atoms with Gasteiger partial charge in [-0.2, -0.15) is 5.26 Å². The lowest BCUT2D eigenvalue weighted by Crippen LogP contribution is -2.07. The molecule has 4 heteroatoms. The number of carbonyl (C=O) groups excluding carboxylic acids is 1. The van der Waals surface area contributed by atoms with Gasteiger partial charge >= 0.3 is 0 Å². The quantitative estimate of drug-likeness (QED) is 0.900. The van der Waals surface area contributed by atoms with E-state index in [1.165, 1.54) is 18.3 Å². The van der Waals surface area contributed by atoms with Gasteiger partial charge in [-0.3, -0.25) is 4.79 Å². The highest BCUT2D eigenvalue weighted by molar-refractivity contribution is 7.13. The maximum atomic E-state index is 11.3. The number of carbonyl (C=O) groups is 1. The van der Waals surface area contributed by atoms with Gasteiger partial charge < -0.3 is 5.32 Å². The first kappa shape index (κ1) is 13.3. The molecule has 0 saturated carbocycles. The molecule has 96 valence electrons. The van der Waals surface area contributed by atoms with E-state index < -0.39 is 0 Å². The SMILES string of the molecule is CC(=O)Nc1c(C#N)sc(C)c1-c1ccccc1C. The zero-order chi connectivity index (χ0) is 14.0. The minimum atomic E-state index is -0.163. The summed E-state index contributed by atoms with van der Waals surface area (Å²) in [7, 11) is 0. The molecule has 19 heavy (non-hydrogen) atoms. The number of rotatable bonds is 2. The normalized spacial score (nSPS) is 10.0. The van der Waals surface area contributed by atoms with Crippen LogP contribution in [0, 0.1) is 25.2 Å². The van der Waals surface area contributed by atoms with Crippen LogP contribution in [0.1, 0.15) is 22.2 Å². The predicted molar refractivity (Wildman–Crippen MR) is 78.2 cm³/mol. The molecule has 2 aromatic rings. The summed E-state index contributed by atoms with van der Waals surface area (Å²) in [5, 5.41) is 12.0. The first-order chi connectivity index (χ1) is 9.04. The van der Waals surface area contributed by atoms with E-state index in [-0.39, 0.29) is 5.91 Å². The largest absolute Gasteiger partial charge is 0.324 e. The molecule has 0 bridgehead atoms. The van der Waals surface area contributed by atoms with E-state index in [1.807, 2.05) is 38.1 Å². The first-order valence-electron chi connectivity index (χ1n) is 5.91. The van der Waals surface area contributed by atoms with Gasteiger partial charge in [0, 0.05) is 17.4 Å². The van der Waals surface area contributed by atoms with Gasteiger partial charge in [0.2, 0.25) is 5.91 Å². The van der Waals surface area contributed by atoms with Crippen LogP contribution in [0.2, 0.25) is 0 Å². The Balaban J connectivity index is 2.70. The first-order valence-corrected chi connectivity index (χ1v) is 6.73. The minimum Gasteiger partial charge on any atom is -0.324 e. The van der Waals surface area contributed by atoms with Crippen molar-refractivity contribution in [1.29, 1.82) is 5.26 Å². The molecule has 1 heterocycles. The van der Waals surface area contributed by atoms with Crippen molar-refractivity contribution < 1.29 is 4.79 Å². The lowest BCUT2D eigenvalue weighted by Gasteiger charge is -2.09. The number of nitrogens with zero attached hydrogens (tertiary/aromatic N) is 1. The van der Waals surface area contributed by atoms with Crippen LogP contribution in [-0.4, -0.2) is 5.91 Å². The van der Waals surface area contributed by atoms with Crippen molar-refractivity contribution in [3.8, 4) is 17.2 Å². The summed E-state index contributed by atoms with van der Waals surface area (Å²) in [5.74, 6) is -0.163. The van der Waals surface area contributed by atoms with Gasteiger partial charge in [0.15, 0.2) is 0 Å². The van der Waals surface area contributed by atoms with Crippen LogP contribution in [0.4, 0.5) is 5.69 Å². The lowest BCUT2D eigenvalue weighted by atomic mass is 9.99. The van der Waals surface area contributed by atoms with Crippen LogP contribution < -0.4 is 5.32 Å². The van der Waals surface area contributed by atoms with Gasteiger partial charge in [-0.15, -0.1) is 11.3 Å². The fraction of sp³-hybridized carbons (Fsp3) is 0.200. The lowest BCUT2D eigenvalue weighted by molar-refractivity contribution is -0.114. The standard InChI is InChI=1S/C15H14N2OS/c1-9-6-4-5-7-12(9)14-10(2)19-13(8-16)15(14)17-11(3)18/h4-7H,1-3H3,(H,17,18). The number of anilines is 1. The van der Waals surface area contributed by atoms with Gasteiger partial charge in [-0.05, 0) is 25.0 Å². The van der Waals surface area contributed by atoms with Crippen molar-refractivity contribution in [2.45, 2.75) is 20.8 Å². The van der Waals surface area contributed by atoms with Crippen LogP contribution in [0.25, 0.3) is 11.1 Å². The van der Waals surface area contributed by atoms with Gasteiger partial charge in [-0.25, -0.2) is 0 Å². The Labute approximate surface area is 116 Å². The maximum Gasteiger partial charge on any atom is 0.221 e. The van der Waals surface area contributed by atoms with Crippen LogP contribution in [0.5, 0.6) is 0 Å². The smallest absolute Gasteiger partial charge is 0.221 e. The van der Waals surface area contributed by atoms with E-state index in [0.717, 1.165) is 21.6 Å². The topological polar surface area (TPSA) is 52.9 Å². The number of hydrogen-bond acceptors (Lipinski definition) is 3. The summed E-state index contributed by atoms with van der Waals surface area (Å²) in [6.07, 6.45) is 0. The molecule has 2 rings (SSSR count). The van der Waals surface area contributed by atoms with Crippen LogP contribution >= 0.6 is 11.3 Å². The van der Waals surface area contributed by atoms with Crippen molar-refractivity contribution in [2.24, 2.45) is 0 Å². The summed E-state index contributed by atoms with van der Waals surface area (Å²) in [6, 6.07) is 10.1. The van der Waals surface area contributed by atoms with Crippen molar-refractivity contribution in [3.05, 3.63) is 39.6 Å². The van der Waals surface area contributed by atoms with Crippen LogP contribution in [0.3, 0.4) is 0 Å². The monoisotopic (exact) mass is 270 g/mol. The van der Waals surface area contributed by atoms with Crippen molar-refractivity contribution in [1.82, 2.24) is 0 Å². The minimum absolute atomic E-state index is 0.163. The molecule has 0 spiro atoms. The molecule has 0 atom stereocenters. The number of amides is 1. The van der Waals surface area contributed by atoms with E-state index in [1.54, 1.807) is 0 Å². The summed E-state index contributed by atoms with van der Waals surface area (Å²) in [5.41, 5.74) is 3.77. The van der Waals surface area contributed by atoms with Gasteiger partial charge in [-0.1, -0.05) is 24.3 Å². The van der Waals surface area contributed by atoms with E-state index >= 15 is 0 Å². The Kier molecular flexibility index (Phi) is 3.68. The van der Waals surface area contributed by atoms with Gasteiger partial charge in [0.25, 0.3) is 0 Å². The molecule has 1 aromatic carbocycles. The molecule has 0 aliphatic carbocycles. The highest BCUT2D eigenvalue weighted by Gasteiger charge is 2.19. The molecular formula is C15H14N2OS. The molecule has 1 amide bonds. The van der Waals surface area contributed by atoms with E-state index in [2.05, 4.69) is 11.4 Å². The van der Waals surface area contributed by atoms with E-state index in [9.17, 15) is 10.1 Å². The molecule has 0 unspecified atom stereocenters. The third-order valence-corrected chi connectivity index (χ3v) is 3.91. The number of nitriles is 1. The molecule has 0 radical (unpaired) electrons. The van der Waals surface area contributed by atoms with Crippen LogP contribution in [0.15, 0.2) is 24.3 Å². The van der Waals surface area contributed by atoms with Crippen molar-refractivity contribution >= 4 is 22.9 Å². The van der Waals surface area contributed by atoms with Crippen molar-refractivity contribution in [3.63, 3.8) is 0 Å². The average molecular weight is 270 g/mol. The average Bonchev–Trinajstić information content (AvgIpc) is 2.66. The Morgan fingerprint density at radius 1 is 1.32 bits per heavy atom. The molecule has 0 fully saturated rings. The van der Waals surface area contributed by atoms with Gasteiger partial charge in [0.05, 0.1) is 5.69 Å². The molecular weight excluding hydrogens is 256 g/mol. The molecule has 1 aromatic heterocycles. The van der Waals surface area contributed by atoms with Crippen LogP contribution in [-0.2, 0) is 4.79 Å². The number of thiophene rings is 1. The molecule has 0 aliphatic rings. The number of benzene rings is 1. The second-order valence-corrected chi connectivity index (χ2v) is 5.57. The fourth-order valence-electron chi connectivity index (χ4n) is 2.10.